The maximum atomic E-state index is 10.5. The smallest absolute Gasteiger partial charge is 0.0865 e. The van der Waals surface area contributed by atoms with Crippen LogP contribution in [0.4, 0.5) is 5.69 Å². The Morgan fingerprint density at radius 2 is 2.05 bits per heavy atom. The van der Waals surface area contributed by atoms with Crippen LogP contribution in [0, 0.1) is 0 Å². The van der Waals surface area contributed by atoms with Gasteiger partial charge in [-0.2, -0.15) is 0 Å². The molecule has 19 heavy (non-hydrogen) atoms. The molecule has 1 heterocycles. The molecule has 0 aromatic heterocycles. The number of nitrogens with zero attached hydrogens (tertiary/aromatic N) is 1. The first-order chi connectivity index (χ1) is 9.04. The number of aliphatic hydroxyl groups excluding tert-OH is 1. The van der Waals surface area contributed by atoms with Crippen molar-refractivity contribution in [3.63, 3.8) is 0 Å². The zero-order chi connectivity index (χ0) is 13.9. The van der Waals surface area contributed by atoms with E-state index in [4.69, 9.17) is 9.84 Å². The average molecular weight is 330 g/mol. The van der Waals surface area contributed by atoms with E-state index in [1.807, 2.05) is 30.1 Å². The van der Waals surface area contributed by atoms with E-state index >= 15 is 0 Å². The summed E-state index contributed by atoms with van der Waals surface area (Å²) in [6.45, 7) is 1.85. The summed E-state index contributed by atoms with van der Waals surface area (Å²) in [5, 5.41) is 19.6. The minimum Gasteiger partial charge on any atom is -0.392 e. The van der Waals surface area contributed by atoms with Gasteiger partial charge in [-0.05, 0) is 33.6 Å². The minimum absolute atomic E-state index is 0.0316. The first-order valence-electron chi connectivity index (χ1n) is 6.45. The fraction of sp³-hybridized carbons (Fsp3) is 0.571. The van der Waals surface area contributed by atoms with Gasteiger partial charge in [0, 0.05) is 44.1 Å². The topological polar surface area (TPSA) is 52.9 Å². The van der Waals surface area contributed by atoms with Gasteiger partial charge in [0.25, 0.3) is 0 Å². The van der Waals surface area contributed by atoms with Crippen LogP contribution in [0.15, 0.2) is 22.7 Å². The molecule has 0 atom stereocenters. The summed E-state index contributed by atoms with van der Waals surface area (Å²) in [5.41, 5.74) is 1.20. The zero-order valence-electron chi connectivity index (χ0n) is 11.1. The number of hydrogen-bond donors (Lipinski definition) is 2. The highest BCUT2D eigenvalue weighted by molar-refractivity contribution is 9.10. The molecule has 1 saturated heterocycles. The Labute approximate surface area is 122 Å². The van der Waals surface area contributed by atoms with Crippen LogP contribution in [0.1, 0.15) is 18.4 Å². The standard InChI is InChI=1S/C14H20BrNO3/c1-16(10-14(18)4-6-19-7-5-14)13-3-2-11(9-17)8-12(13)15/h2-3,8,17-18H,4-7,9-10H2,1H3. The van der Waals surface area contributed by atoms with Crippen LogP contribution in [0.3, 0.4) is 0 Å². The molecule has 0 spiro atoms. The Bertz CT molecular complexity index is 433. The van der Waals surface area contributed by atoms with Crippen molar-refractivity contribution >= 4 is 21.6 Å². The van der Waals surface area contributed by atoms with Gasteiger partial charge in [0.15, 0.2) is 0 Å². The number of hydrogen-bond acceptors (Lipinski definition) is 4. The fourth-order valence-corrected chi connectivity index (χ4v) is 3.12. The van der Waals surface area contributed by atoms with Crippen molar-refractivity contribution in [2.45, 2.75) is 25.0 Å². The Morgan fingerprint density at radius 3 is 2.63 bits per heavy atom. The Kier molecular flexibility index (Phi) is 4.84. The van der Waals surface area contributed by atoms with Gasteiger partial charge in [-0.25, -0.2) is 0 Å². The third-order valence-corrected chi connectivity index (χ3v) is 4.20. The highest BCUT2D eigenvalue weighted by Gasteiger charge is 2.31. The molecule has 106 valence electrons. The predicted molar refractivity (Wildman–Crippen MR) is 78.3 cm³/mol. The molecule has 0 unspecified atom stereocenters. The summed E-state index contributed by atoms with van der Waals surface area (Å²) < 4.78 is 6.22. The molecule has 0 aliphatic carbocycles. The number of ether oxygens (including phenoxy) is 1. The summed E-state index contributed by atoms with van der Waals surface area (Å²) in [5.74, 6) is 0. The summed E-state index contributed by atoms with van der Waals surface area (Å²) in [6, 6.07) is 5.75. The van der Waals surface area contributed by atoms with Crippen LogP contribution in [0.2, 0.25) is 0 Å². The van der Waals surface area contributed by atoms with Crippen LogP contribution in [0.5, 0.6) is 0 Å². The van der Waals surface area contributed by atoms with Gasteiger partial charge in [0.2, 0.25) is 0 Å². The van der Waals surface area contributed by atoms with Crippen LogP contribution in [-0.2, 0) is 11.3 Å². The molecule has 1 fully saturated rings. The first kappa shape index (κ1) is 14.8. The number of rotatable bonds is 4. The van der Waals surface area contributed by atoms with Crippen molar-refractivity contribution in [3.05, 3.63) is 28.2 Å². The van der Waals surface area contributed by atoms with Gasteiger partial charge in [-0.3, -0.25) is 0 Å². The highest BCUT2D eigenvalue weighted by Crippen LogP contribution is 2.29. The van der Waals surface area contributed by atoms with Gasteiger partial charge in [-0.1, -0.05) is 6.07 Å². The molecule has 5 heteroatoms. The zero-order valence-corrected chi connectivity index (χ0v) is 12.7. The van der Waals surface area contributed by atoms with Gasteiger partial charge < -0.3 is 19.8 Å². The lowest BCUT2D eigenvalue weighted by atomic mass is 9.94. The average Bonchev–Trinajstić information content (AvgIpc) is 2.38. The molecule has 4 nitrogen and oxygen atoms in total. The van der Waals surface area contributed by atoms with E-state index in [0.717, 1.165) is 15.7 Å². The molecule has 2 rings (SSSR count). The lowest BCUT2D eigenvalue weighted by Crippen LogP contribution is -2.45. The quantitative estimate of drug-likeness (QED) is 0.886. The summed E-state index contributed by atoms with van der Waals surface area (Å²) in [6.07, 6.45) is 1.34. The largest absolute Gasteiger partial charge is 0.392 e. The molecule has 0 amide bonds. The second-order valence-corrected chi connectivity index (χ2v) is 5.99. The molecular weight excluding hydrogens is 310 g/mol. The molecule has 1 aromatic carbocycles. The second-order valence-electron chi connectivity index (χ2n) is 5.14. The number of benzene rings is 1. The van der Waals surface area contributed by atoms with Crippen LogP contribution in [-0.4, -0.2) is 42.6 Å². The molecule has 0 saturated carbocycles. The predicted octanol–water partition coefficient (Wildman–Crippen LogP) is 1.92. The van der Waals surface area contributed by atoms with Crippen molar-refractivity contribution in [1.82, 2.24) is 0 Å². The monoisotopic (exact) mass is 329 g/mol. The summed E-state index contributed by atoms with van der Waals surface area (Å²) >= 11 is 3.51. The molecular formula is C14H20BrNO3. The molecule has 0 radical (unpaired) electrons. The number of halogens is 1. The van der Waals surface area contributed by atoms with E-state index in [-0.39, 0.29) is 6.61 Å². The third-order valence-electron chi connectivity index (χ3n) is 3.56. The lowest BCUT2D eigenvalue weighted by molar-refractivity contribution is -0.0572. The molecule has 2 N–H and O–H groups in total. The molecule has 1 aromatic rings. The number of likely N-dealkylation sites (N-methyl/N-ethyl adjacent to an activating group) is 1. The second kappa shape index (κ2) is 6.22. The Balaban J connectivity index is 2.08. The Hall–Kier alpha value is -0.620. The van der Waals surface area contributed by atoms with E-state index < -0.39 is 5.60 Å². The SMILES string of the molecule is CN(CC1(O)CCOCC1)c1ccc(CO)cc1Br. The summed E-state index contributed by atoms with van der Waals surface area (Å²) in [7, 11) is 1.96. The van der Waals surface area contributed by atoms with Gasteiger partial charge in [0.05, 0.1) is 17.9 Å². The van der Waals surface area contributed by atoms with Crippen molar-refractivity contribution in [3.8, 4) is 0 Å². The van der Waals surface area contributed by atoms with Gasteiger partial charge in [0.1, 0.15) is 0 Å². The van der Waals surface area contributed by atoms with E-state index in [1.165, 1.54) is 0 Å². The number of aliphatic hydroxyl groups is 2. The maximum absolute atomic E-state index is 10.5. The first-order valence-corrected chi connectivity index (χ1v) is 7.24. The van der Waals surface area contributed by atoms with Crippen molar-refractivity contribution < 1.29 is 14.9 Å². The summed E-state index contributed by atoms with van der Waals surface area (Å²) in [4.78, 5) is 2.04. The van der Waals surface area contributed by atoms with E-state index in [1.54, 1.807) is 0 Å². The van der Waals surface area contributed by atoms with Gasteiger partial charge in [-0.15, -0.1) is 0 Å². The van der Waals surface area contributed by atoms with Crippen LogP contribution < -0.4 is 4.90 Å². The molecule has 1 aliphatic heterocycles. The fourth-order valence-electron chi connectivity index (χ4n) is 2.39. The minimum atomic E-state index is -0.678. The normalized spacial score (nSPS) is 18.3. The van der Waals surface area contributed by atoms with Crippen molar-refractivity contribution in [2.75, 3.05) is 31.7 Å². The maximum Gasteiger partial charge on any atom is 0.0865 e. The van der Waals surface area contributed by atoms with E-state index in [0.29, 0.717) is 32.6 Å². The van der Waals surface area contributed by atoms with Crippen LogP contribution >= 0.6 is 15.9 Å². The third kappa shape index (κ3) is 3.69. The number of anilines is 1. The van der Waals surface area contributed by atoms with Crippen molar-refractivity contribution in [2.24, 2.45) is 0 Å². The molecule has 0 bridgehead atoms. The van der Waals surface area contributed by atoms with E-state index in [2.05, 4.69) is 15.9 Å². The Morgan fingerprint density at radius 1 is 1.37 bits per heavy atom. The van der Waals surface area contributed by atoms with Crippen molar-refractivity contribution in [1.29, 1.82) is 0 Å². The lowest BCUT2D eigenvalue weighted by Gasteiger charge is -2.36. The van der Waals surface area contributed by atoms with E-state index in [9.17, 15) is 5.11 Å². The van der Waals surface area contributed by atoms with Gasteiger partial charge >= 0.3 is 0 Å². The molecule has 1 aliphatic rings. The van der Waals surface area contributed by atoms with Crippen LogP contribution in [0.25, 0.3) is 0 Å². The highest BCUT2D eigenvalue weighted by atomic mass is 79.9.